The van der Waals surface area contributed by atoms with Crippen molar-refractivity contribution in [2.24, 2.45) is 0 Å². The van der Waals surface area contributed by atoms with Crippen molar-refractivity contribution in [3.8, 4) is 11.8 Å². The van der Waals surface area contributed by atoms with E-state index < -0.39 is 11.7 Å². The van der Waals surface area contributed by atoms with Crippen LogP contribution in [0.2, 0.25) is 0 Å². The topological polar surface area (TPSA) is 25.8 Å². The Kier molecular flexibility index (Phi) is 3.51. The quantitative estimate of drug-likeness (QED) is 0.585. The van der Waals surface area contributed by atoms with Gasteiger partial charge in [-0.2, -0.15) is 13.2 Å². The van der Waals surface area contributed by atoms with Gasteiger partial charge in [0.1, 0.15) is 0 Å². The highest BCUT2D eigenvalue weighted by molar-refractivity contribution is 5.75. The van der Waals surface area contributed by atoms with Crippen LogP contribution in [0, 0.1) is 11.8 Å². The number of nitrogens with zero attached hydrogens (tertiary/aromatic N) is 2. The molecule has 108 valence electrons. The summed E-state index contributed by atoms with van der Waals surface area (Å²) in [7, 11) is 0. The second kappa shape index (κ2) is 5.49. The van der Waals surface area contributed by atoms with Gasteiger partial charge in [-0.15, -0.1) is 0 Å². The van der Waals surface area contributed by atoms with E-state index in [0.29, 0.717) is 16.6 Å². The zero-order chi connectivity index (χ0) is 15.6. The van der Waals surface area contributed by atoms with Gasteiger partial charge in [-0.3, -0.25) is 9.97 Å². The molecular weight excluding hydrogens is 289 g/mol. The summed E-state index contributed by atoms with van der Waals surface area (Å²) in [5.74, 6) is 5.53. The normalized spacial score (nSPS) is 11.0. The minimum absolute atomic E-state index is 0.302. The van der Waals surface area contributed by atoms with E-state index in [1.807, 2.05) is 6.07 Å². The molecule has 0 unspecified atom stereocenters. The summed E-state index contributed by atoms with van der Waals surface area (Å²) in [6.07, 6.45) is -1.15. The van der Waals surface area contributed by atoms with Crippen LogP contribution < -0.4 is 0 Å². The van der Waals surface area contributed by atoms with Crippen LogP contribution in [0.1, 0.15) is 16.7 Å². The van der Waals surface area contributed by atoms with Crippen molar-refractivity contribution < 1.29 is 13.2 Å². The predicted molar refractivity (Wildman–Crippen MR) is 77.0 cm³/mol. The third kappa shape index (κ3) is 3.07. The molecule has 0 spiro atoms. The average Bonchev–Trinajstić information content (AvgIpc) is 2.52. The Labute approximate surface area is 124 Å². The van der Waals surface area contributed by atoms with E-state index in [1.165, 1.54) is 12.1 Å². The first-order valence-electron chi connectivity index (χ1n) is 6.42. The van der Waals surface area contributed by atoms with Crippen LogP contribution in [0.5, 0.6) is 0 Å². The third-order valence-electron chi connectivity index (χ3n) is 2.99. The Balaban J connectivity index is 1.94. The maximum Gasteiger partial charge on any atom is 0.416 e. The third-order valence-corrected chi connectivity index (χ3v) is 2.99. The Morgan fingerprint density at radius 1 is 0.818 bits per heavy atom. The van der Waals surface area contributed by atoms with Gasteiger partial charge in [-0.25, -0.2) is 0 Å². The highest BCUT2D eigenvalue weighted by Gasteiger charge is 2.30. The molecule has 0 aliphatic rings. The number of pyridine rings is 2. The number of hydrogen-bond donors (Lipinski definition) is 0. The molecule has 0 atom stereocenters. The summed E-state index contributed by atoms with van der Waals surface area (Å²) in [4.78, 5) is 8.37. The van der Waals surface area contributed by atoms with Crippen LogP contribution in [0.15, 0.2) is 54.9 Å². The standard InChI is InChI=1S/C17H9F3N2/c18-17(19,20)14-4-1-3-12(9-14)6-7-13-10-16-15(22-11-13)5-2-8-21-16/h1-5,8-11H. The van der Waals surface area contributed by atoms with Crippen molar-refractivity contribution in [1.29, 1.82) is 0 Å². The van der Waals surface area contributed by atoms with E-state index in [2.05, 4.69) is 21.8 Å². The molecule has 0 N–H and O–H groups in total. The fraction of sp³-hybridized carbons (Fsp3) is 0.0588. The van der Waals surface area contributed by atoms with Crippen LogP contribution in [0.3, 0.4) is 0 Å². The molecule has 0 bridgehead atoms. The van der Waals surface area contributed by atoms with Gasteiger partial charge in [0.15, 0.2) is 0 Å². The van der Waals surface area contributed by atoms with Crippen LogP contribution >= 0.6 is 0 Å². The Morgan fingerprint density at radius 2 is 1.64 bits per heavy atom. The van der Waals surface area contributed by atoms with Gasteiger partial charge < -0.3 is 0 Å². The first-order chi connectivity index (χ1) is 10.5. The van der Waals surface area contributed by atoms with Crippen LogP contribution in [-0.4, -0.2) is 9.97 Å². The Hall–Kier alpha value is -2.87. The molecule has 0 radical (unpaired) electrons. The van der Waals surface area contributed by atoms with E-state index in [0.717, 1.165) is 17.6 Å². The summed E-state index contributed by atoms with van der Waals surface area (Å²) in [6.45, 7) is 0. The maximum absolute atomic E-state index is 12.6. The molecule has 0 saturated carbocycles. The largest absolute Gasteiger partial charge is 0.416 e. The Bertz CT molecular complexity index is 889. The molecule has 0 aliphatic heterocycles. The zero-order valence-electron chi connectivity index (χ0n) is 11.2. The van der Waals surface area contributed by atoms with Crippen molar-refractivity contribution in [3.63, 3.8) is 0 Å². The molecule has 2 heterocycles. The fourth-order valence-electron chi connectivity index (χ4n) is 1.94. The lowest BCUT2D eigenvalue weighted by Crippen LogP contribution is -2.04. The van der Waals surface area contributed by atoms with E-state index >= 15 is 0 Å². The molecule has 0 aliphatic carbocycles. The first kappa shape index (κ1) is 14.1. The lowest BCUT2D eigenvalue weighted by atomic mass is 10.1. The highest BCUT2D eigenvalue weighted by Crippen LogP contribution is 2.29. The number of benzene rings is 1. The summed E-state index contributed by atoms with van der Waals surface area (Å²) < 4.78 is 37.9. The van der Waals surface area contributed by atoms with E-state index in [9.17, 15) is 13.2 Å². The molecule has 0 saturated heterocycles. The van der Waals surface area contributed by atoms with E-state index in [1.54, 1.807) is 24.5 Å². The number of alkyl halides is 3. The maximum atomic E-state index is 12.6. The van der Waals surface area contributed by atoms with Gasteiger partial charge in [0.05, 0.1) is 16.6 Å². The average molecular weight is 298 g/mol. The number of aromatic nitrogens is 2. The Morgan fingerprint density at radius 3 is 2.45 bits per heavy atom. The highest BCUT2D eigenvalue weighted by atomic mass is 19.4. The van der Waals surface area contributed by atoms with Crippen molar-refractivity contribution in [1.82, 2.24) is 9.97 Å². The molecule has 3 aromatic rings. The summed E-state index contributed by atoms with van der Waals surface area (Å²) in [6, 6.07) is 10.3. The molecule has 22 heavy (non-hydrogen) atoms. The van der Waals surface area contributed by atoms with Crippen LogP contribution in [0.25, 0.3) is 11.0 Å². The van der Waals surface area contributed by atoms with Crippen molar-refractivity contribution >= 4 is 11.0 Å². The summed E-state index contributed by atoms with van der Waals surface area (Å²) in [5, 5.41) is 0. The van der Waals surface area contributed by atoms with Crippen molar-refractivity contribution in [2.75, 3.05) is 0 Å². The second-order valence-corrected chi connectivity index (χ2v) is 4.59. The number of halogens is 3. The first-order valence-corrected chi connectivity index (χ1v) is 6.42. The van der Waals surface area contributed by atoms with Gasteiger partial charge in [0.2, 0.25) is 0 Å². The fourth-order valence-corrected chi connectivity index (χ4v) is 1.94. The number of hydrogen-bond acceptors (Lipinski definition) is 2. The smallest absolute Gasteiger partial charge is 0.255 e. The summed E-state index contributed by atoms with van der Waals surface area (Å²) in [5.41, 5.74) is 1.63. The second-order valence-electron chi connectivity index (χ2n) is 4.59. The van der Waals surface area contributed by atoms with Crippen LogP contribution in [-0.2, 0) is 6.18 Å². The SMILES string of the molecule is FC(F)(F)c1cccc(C#Cc2cnc3cccnc3c2)c1. The van der Waals surface area contributed by atoms with Gasteiger partial charge in [0.25, 0.3) is 0 Å². The van der Waals surface area contributed by atoms with Gasteiger partial charge >= 0.3 is 6.18 Å². The molecule has 2 aromatic heterocycles. The van der Waals surface area contributed by atoms with Gasteiger partial charge in [-0.1, -0.05) is 17.9 Å². The van der Waals surface area contributed by atoms with Crippen molar-refractivity contribution in [3.05, 3.63) is 71.5 Å². The molecule has 2 nitrogen and oxygen atoms in total. The predicted octanol–water partition coefficient (Wildman–Crippen LogP) is 4.05. The zero-order valence-corrected chi connectivity index (χ0v) is 11.2. The molecule has 0 fully saturated rings. The molecule has 5 heteroatoms. The molecule has 1 aromatic carbocycles. The van der Waals surface area contributed by atoms with E-state index in [4.69, 9.17) is 0 Å². The van der Waals surface area contributed by atoms with Gasteiger partial charge in [0, 0.05) is 23.5 Å². The van der Waals surface area contributed by atoms with Crippen LogP contribution in [0.4, 0.5) is 13.2 Å². The minimum atomic E-state index is -4.37. The molecule has 0 amide bonds. The number of fused-ring (bicyclic) bond motifs is 1. The van der Waals surface area contributed by atoms with Gasteiger partial charge in [-0.05, 0) is 36.4 Å². The number of rotatable bonds is 0. The van der Waals surface area contributed by atoms with Crippen molar-refractivity contribution in [2.45, 2.75) is 6.18 Å². The lowest BCUT2D eigenvalue weighted by Gasteiger charge is -2.05. The lowest BCUT2D eigenvalue weighted by molar-refractivity contribution is -0.137. The molecular formula is C17H9F3N2. The van der Waals surface area contributed by atoms with E-state index in [-0.39, 0.29) is 0 Å². The minimum Gasteiger partial charge on any atom is -0.255 e. The summed E-state index contributed by atoms with van der Waals surface area (Å²) >= 11 is 0. The monoisotopic (exact) mass is 298 g/mol. The molecule has 3 rings (SSSR count).